The van der Waals surface area contributed by atoms with Gasteiger partial charge in [0.25, 0.3) is 0 Å². The van der Waals surface area contributed by atoms with Crippen LogP contribution in [0, 0.1) is 10.1 Å². The molecule has 32 heavy (non-hydrogen) atoms. The number of nitro groups is 1. The van der Waals surface area contributed by atoms with Crippen molar-refractivity contribution in [1.29, 1.82) is 0 Å². The molecular formula is C19H15N3O7S3. The lowest BCUT2D eigenvalue weighted by molar-refractivity contribution is -0.426. The first kappa shape index (κ1) is 22.2. The van der Waals surface area contributed by atoms with Crippen LogP contribution in [0.25, 0.3) is 12.2 Å². The molecule has 10 nitrogen and oxygen atoms in total. The fourth-order valence-corrected chi connectivity index (χ4v) is 5.98. The van der Waals surface area contributed by atoms with Crippen LogP contribution in [0.5, 0.6) is 0 Å². The van der Waals surface area contributed by atoms with Gasteiger partial charge in [-0.3, -0.25) is 15.1 Å². The second kappa shape index (κ2) is 8.84. The average Bonchev–Trinajstić information content (AvgIpc) is 3.24. The van der Waals surface area contributed by atoms with Crippen molar-refractivity contribution in [2.75, 3.05) is 5.75 Å². The summed E-state index contributed by atoms with van der Waals surface area (Å²) >= 11 is 2.68. The fraction of sp³-hybridized carbons (Fsp3) is 0.211. The minimum absolute atomic E-state index is 0.0117. The van der Waals surface area contributed by atoms with Crippen molar-refractivity contribution in [2.24, 2.45) is 4.99 Å². The highest BCUT2D eigenvalue weighted by atomic mass is 32.2. The quantitative estimate of drug-likeness (QED) is 0.351. The largest absolute Gasteiger partial charge is 0.480 e. The minimum Gasteiger partial charge on any atom is -0.480 e. The number of carbonyl (C=O) groups is 1. The first-order chi connectivity index (χ1) is 15.2. The Bertz CT molecular complexity index is 1380. The molecule has 0 bridgehead atoms. The first-order valence-electron chi connectivity index (χ1n) is 9.21. The number of aromatic nitrogens is 1. The highest BCUT2D eigenvalue weighted by Gasteiger charge is 2.27. The molecule has 1 unspecified atom stereocenters. The van der Waals surface area contributed by atoms with Crippen molar-refractivity contribution in [3.05, 3.63) is 71.7 Å². The van der Waals surface area contributed by atoms with Gasteiger partial charge < -0.3 is 9.29 Å². The summed E-state index contributed by atoms with van der Waals surface area (Å²) in [6, 6.07) is -0.777. The second-order valence-corrected chi connectivity index (χ2v) is 10.3. The van der Waals surface area contributed by atoms with E-state index in [-0.39, 0.29) is 29.2 Å². The number of carboxylic acids is 1. The third kappa shape index (κ3) is 4.74. The number of thioether (sulfide) groups is 1. The summed E-state index contributed by atoms with van der Waals surface area (Å²) in [5, 5.41) is 21.8. The van der Waals surface area contributed by atoms with Crippen LogP contribution >= 0.6 is 23.1 Å². The predicted molar refractivity (Wildman–Crippen MR) is 120 cm³/mol. The van der Waals surface area contributed by atoms with Gasteiger partial charge in [-0.15, -0.1) is 23.1 Å². The van der Waals surface area contributed by atoms with E-state index >= 15 is 0 Å². The molecular weight excluding hydrogens is 478 g/mol. The SMILES string of the molecule is O=C(O)C1CSC(c2nc3c(s2)=CCC(OS(=O)(=O)C2=CC=C([N+](=O)[O-])CC=C2)=CC=3)=N1. The number of rotatable bonds is 6. The molecule has 1 aliphatic heterocycles. The Balaban J connectivity index is 1.55. The van der Waals surface area contributed by atoms with E-state index < -0.39 is 27.1 Å². The molecule has 0 amide bonds. The molecule has 1 atom stereocenters. The molecule has 2 heterocycles. The summed E-state index contributed by atoms with van der Waals surface area (Å²) in [5.41, 5.74) is -0.118. The Labute approximate surface area is 190 Å². The molecule has 0 spiro atoms. The van der Waals surface area contributed by atoms with Crippen LogP contribution in [0.2, 0.25) is 0 Å². The molecule has 166 valence electrons. The number of fused-ring (bicyclic) bond motifs is 1. The summed E-state index contributed by atoms with van der Waals surface area (Å²) in [6.07, 6.45) is 10.1. The van der Waals surface area contributed by atoms with Gasteiger partial charge in [0.2, 0.25) is 5.70 Å². The number of allylic oxidation sites excluding steroid dienone is 6. The van der Waals surface area contributed by atoms with Crippen LogP contribution in [0.3, 0.4) is 0 Å². The van der Waals surface area contributed by atoms with E-state index in [1.807, 2.05) is 0 Å². The van der Waals surface area contributed by atoms with Gasteiger partial charge in [0, 0.05) is 18.2 Å². The summed E-state index contributed by atoms with van der Waals surface area (Å²) in [5.74, 6) is -0.438. The average molecular weight is 494 g/mol. The number of hydrogen-bond donors (Lipinski definition) is 1. The lowest BCUT2D eigenvalue weighted by atomic mass is 10.3. The highest BCUT2D eigenvalue weighted by molar-refractivity contribution is 8.15. The summed E-state index contributed by atoms with van der Waals surface area (Å²) < 4.78 is 31.3. The highest BCUT2D eigenvalue weighted by Crippen LogP contribution is 2.24. The molecule has 3 aliphatic rings. The molecule has 1 aromatic heterocycles. The van der Waals surface area contributed by atoms with Gasteiger partial charge in [-0.2, -0.15) is 8.42 Å². The maximum absolute atomic E-state index is 12.6. The van der Waals surface area contributed by atoms with E-state index in [1.54, 1.807) is 12.2 Å². The maximum atomic E-state index is 12.6. The third-order valence-electron chi connectivity index (χ3n) is 4.50. The van der Waals surface area contributed by atoms with Crippen molar-refractivity contribution in [3.8, 4) is 0 Å². The van der Waals surface area contributed by atoms with Crippen molar-refractivity contribution in [1.82, 2.24) is 4.98 Å². The number of carboxylic acid groups (broad SMARTS) is 1. The molecule has 0 aromatic carbocycles. The number of aliphatic imine (C=N–C) groups is 1. The van der Waals surface area contributed by atoms with Gasteiger partial charge >= 0.3 is 16.1 Å². The van der Waals surface area contributed by atoms with Gasteiger partial charge in [-0.05, 0) is 24.3 Å². The Hall–Kier alpha value is -3.03. The van der Waals surface area contributed by atoms with E-state index in [1.165, 1.54) is 41.3 Å². The van der Waals surface area contributed by atoms with E-state index in [9.17, 15) is 23.3 Å². The van der Waals surface area contributed by atoms with Gasteiger partial charge in [0.05, 0.1) is 21.2 Å². The Kier molecular flexibility index (Phi) is 6.13. The molecule has 0 saturated carbocycles. The van der Waals surface area contributed by atoms with Crippen LogP contribution in [-0.2, 0) is 19.1 Å². The zero-order valence-corrected chi connectivity index (χ0v) is 18.7. The predicted octanol–water partition coefficient (Wildman–Crippen LogP) is 1.29. The third-order valence-corrected chi connectivity index (χ3v) is 8.05. The van der Waals surface area contributed by atoms with E-state index in [4.69, 9.17) is 9.29 Å². The van der Waals surface area contributed by atoms with Crippen LogP contribution in [-0.4, -0.2) is 46.2 Å². The van der Waals surface area contributed by atoms with Crippen LogP contribution in [0.1, 0.15) is 17.8 Å². The van der Waals surface area contributed by atoms with E-state index in [0.717, 1.165) is 16.7 Å². The zero-order valence-electron chi connectivity index (χ0n) is 16.2. The van der Waals surface area contributed by atoms with Gasteiger partial charge in [-0.25, -0.2) is 9.78 Å². The molecule has 2 aliphatic carbocycles. The first-order valence-corrected chi connectivity index (χ1v) is 12.4. The lowest BCUT2D eigenvalue weighted by Gasteiger charge is -2.08. The van der Waals surface area contributed by atoms with E-state index in [2.05, 4.69) is 9.98 Å². The Morgan fingerprint density at radius 1 is 1.25 bits per heavy atom. The zero-order chi connectivity index (χ0) is 22.9. The number of nitrogens with zero attached hydrogens (tertiary/aromatic N) is 3. The summed E-state index contributed by atoms with van der Waals surface area (Å²) in [4.78, 5) is 29.9. The molecule has 1 aromatic rings. The minimum atomic E-state index is -4.17. The number of thiazole rings is 1. The molecule has 4 rings (SSSR count). The fourth-order valence-electron chi connectivity index (χ4n) is 2.90. The van der Waals surface area contributed by atoms with Gasteiger partial charge in [0.15, 0.2) is 6.04 Å². The smallest absolute Gasteiger partial charge is 0.338 e. The maximum Gasteiger partial charge on any atom is 0.338 e. The standard InChI is InChI=1S/C19H15N3O7S3/c23-19(24)15-10-30-17(21-15)18-20-14-8-5-12(6-9-16(14)31-18)29-32(27,28)13-3-1-2-11(4-7-13)22(25)26/h1,3-5,7-9,15H,2,6,10H2,(H,23,24). The molecule has 13 heteroatoms. The van der Waals surface area contributed by atoms with Crippen LogP contribution in [0.4, 0.5) is 0 Å². The number of aliphatic carboxylic acids is 1. The van der Waals surface area contributed by atoms with Crippen LogP contribution < -0.4 is 9.88 Å². The Morgan fingerprint density at radius 3 is 2.78 bits per heavy atom. The van der Waals surface area contributed by atoms with Crippen molar-refractivity contribution >= 4 is 56.4 Å². The van der Waals surface area contributed by atoms with Gasteiger partial charge in [0.1, 0.15) is 20.7 Å². The monoisotopic (exact) mass is 493 g/mol. The number of hydrogen-bond acceptors (Lipinski definition) is 10. The molecule has 0 radical (unpaired) electrons. The van der Waals surface area contributed by atoms with E-state index in [0.29, 0.717) is 21.2 Å². The van der Waals surface area contributed by atoms with Crippen LogP contribution in [0.15, 0.2) is 51.7 Å². The molecule has 0 fully saturated rings. The molecule has 0 saturated heterocycles. The van der Waals surface area contributed by atoms with Gasteiger partial charge in [-0.1, -0.05) is 12.2 Å². The van der Waals surface area contributed by atoms with Crippen molar-refractivity contribution in [3.63, 3.8) is 0 Å². The topological polar surface area (TPSA) is 149 Å². The Morgan fingerprint density at radius 2 is 2.06 bits per heavy atom. The van der Waals surface area contributed by atoms with Crippen molar-refractivity contribution < 1.29 is 27.4 Å². The molecule has 1 N–H and O–H groups in total. The normalized spacial score (nSPS) is 20.3. The summed E-state index contributed by atoms with van der Waals surface area (Å²) in [6.45, 7) is 0. The second-order valence-electron chi connectivity index (χ2n) is 6.70. The summed E-state index contributed by atoms with van der Waals surface area (Å²) in [7, 11) is -4.17. The lowest BCUT2D eigenvalue weighted by Crippen LogP contribution is -2.19. The van der Waals surface area contributed by atoms with Crippen molar-refractivity contribution in [2.45, 2.75) is 18.9 Å².